The molecule has 4 nitrogen and oxygen atoms in total. The molecule has 0 atom stereocenters. The molecule has 0 amide bonds. The van der Waals surface area contributed by atoms with Gasteiger partial charge in [0, 0.05) is 18.4 Å². The van der Waals surface area contributed by atoms with Gasteiger partial charge in [-0.05, 0) is 72.9 Å². The van der Waals surface area contributed by atoms with Crippen molar-refractivity contribution in [3.63, 3.8) is 0 Å². The second-order valence-electron chi connectivity index (χ2n) is 9.09. The highest BCUT2D eigenvalue weighted by molar-refractivity contribution is 5.91. The Morgan fingerprint density at radius 2 is 1.43 bits per heavy atom. The lowest BCUT2D eigenvalue weighted by molar-refractivity contribution is 0.0734. The van der Waals surface area contributed by atoms with Gasteiger partial charge in [0.25, 0.3) is 0 Å². The second-order valence-corrected chi connectivity index (χ2v) is 9.09. The molecule has 0 saturated heterocycles. The summed E-state index contributed by atoms with van der Waals surface area (Å²) in [4.78, 5) is 17.1. The summed E-state index contributed by atoms with van der Waals surface area (Å²) in [5.41, 5.74) is 4.75. The van der Waals surface area contributed by atoms with Gasteiger partial charge in [0.1, 0.15) is 5.75 Å². The molecule has 1 aromatic heterocycles. The number of esters is 1. The first-order valence-corrected chi connectivity index (χ1v) is 13.1. The van der Waals surface area contributed by atoms with Crippen LogP contribution in [0.3, 0.4) is 0 Å². The summed E-state index contributed by atoms with van der Waals surface area (Å²) < 4.78 is 11.2. The van der Waals surface area contributed by atoms with Crippen LogP contribution in [-0.4, -0.2) is 17.6 Å². The van der Waals surface area contributed by atoms with Gasteiger partial charge in [0.05, 0.1) is 17.9 Å². The highest BCUT2D eigenvalue weighted by Gasteiger charge is 2.09. The summed E-state index contributed by atoms with van der Waals surface area (Å²) >= 11 is 0. The molecule has 35 heavy (non-hydrogen) atoms. The van der Waals surface area contributed by atoms with E-state index in [1.165, 1.54) is 44.1 Å². The van der Waals surface area contributed by atoms with Crippen LogP contribution in [0.15, 0.2) is 66.9 Å². The van der Waals surface area contributed by atoms with Gasteiger partial charge in [-0.3, -0.25) is 4.98 Å². The van der Waals surface area contributed by atoms with Gasteiger partial charge in [-0.15, -0.1) is 0 Å². The van der Waals surface area contributed by atoms with Crippen molar-refractivity contribution >= 4 is 5.97 Å². The van der Waals surface area contributed by atoms with Gasteiger partial charge < -0.3 is 9.47 Å². The number of benzene rings is 2. The molecule has 0 N–H and O–H groups in total. The quantitative estimate of drug-likeness (QED) is 0.127. The standard InChI is InChI=1S/C31H39NO3/c1-3-5-7-8-9-10-11-25-12-15-28(16-13-25)31(33)35-29-19-17-27(18-20-29)30-21-14-26(23-32-30)24-34-22-6-4-2/h12-21,23H,3-11,22,24H2,1-2H3. The highest BCUT2D eigenvalue weighted by Crippen LogP contribution is 2.22. The molecule has 0 fully saturated rings. The number of ether oxygens (including phenoxy) is 2. The lowest BCUT2D eigenvalue weighted by Gasteiger charge is -2.08. The molecule has 0 aliphatic carbocycles. The van der Waals surface area contributed by atoms with E-state index in [1.807, 2.05) is 66.9 Å². The maximum atomic E-state index is 12.6. The van der Waals surface area contributed by atoms with Gasteiger partial charge >= 0.3 is 5.97 Å². The van der Waals surface area contributed by atoms with Crippen molar-refractivity contribution in [2.75, 3.05) is 6.61 Å². The van der Waals surface area contributed by atoms with Crippen LogP contribution in [0.1, 0.15) is 86.7 Å². The maximum Gasteiger partial charge on any atom is 0.343 e. The summed E-state index contributed by atoms with van der Waals surface area (Å²) in [5, 5.41) is 0. The molecule has 0 unspecified atom stereocenters. The Labute approximate surface area is 210 Å². The third kappa shape index (κ3) is 9.29. The number of carbonyl (C=O) groups excluding carboxylic acids is 1. The maximum absolute atomic E-state index is 12.6. The fourth-order valence-corrected chi connectivity index (χ4v) is 3.89. The van der Waals surface area contributed by atoms with Crippen LogP contribution in [0.25, 0.3) is 11.3 Å². The van der Waals surface area contributed by atoms with Crippen LogP contribution < -0.4 is 4.74 Å². The van der Waals surface area contributed by atoms with Crippen molar-refractivity contribution in [3.8, 4) is 17.0 Å². The van der Waals surface area contributed by atoms with Crippen molar-refractivity contribution in [2.24, 2.45) is 0 Å². The van der Waals surface area contributed by atoms with Gasteiger partial charge in [-0.25, -0.2) is 4.79 Å². The number of unbranched alkanes of at least 4 members (excludes halogenated alkanes) is 6. The first-order valence-electron chi connectivity index (χ1n) is 13.1. The van der Waals surface area contributed by atoms with E-state index < -0.39 is 0 Å². The molecule has 0 saturated carbocycles. The lowest BCUT2D eigenvalue weighted by Crippen LogP contribution is -2.08. The van der Waals surface area contributed by atoms with Gasteiger partial charge in [-0.2, -0.15) is 0 Å². The minimum atomic E-state index is -0.339. The smallest absolute Gasteiger partial charge is 0.343 e. The molecule has 0 bridgehead atoms. The van der Waals surface area contributed by atoms with E-state index in [0.717, 1.165) is 42.7 Å². The number of carbonyl (C=O) groups is 1. The van der Waals surface area contributed by atoms with Crippen LogP contribution in [0.5, 0.6) is 5.75 Å². The number of aryl methyl sites for hydroxylation is 1. The molecule has 0 radical (unpaired) electrons. The van der Waals surface area contributed by atoms with Crippen LogP contribution in [0.2, 0.25) is 0 Å². The summed E-state index contributed by atoms with van der Waals surface area (Å²) in [6.07, 6.45) is 12.8. The largest absolute Gasteiger partial charge is 0.423 e. The second kappa shape index (κ2) is 15.1. The van der Waals surface area contributed by atoms with E-state index in [9.17, 15) is 4.79 Å². The molecule has 0 aliphatic rings. The first-order chi connectivity index (χ1) is 17.2. The van der Waals surface area contributed by atoms with Gasteiger partial charge in [0.2, 0.25) is 0 Å². The zero-order valence-electron chi connectivity index (χ0n) is 21.3. The Hall–Kier alpha value is -2.98. The fourth-order valence-electron chi connectivity index (χ4n) is 3.89. The monoisotopic (exact) mass is 473 g/mol. The van der Waals surface area contributed by atoms with Crippen LogP contribution in [0, 0.1) is 0 Å². The molecule has 3 aromatic rings. The molecule has 186 valence electrons. The number of hydrogen-bond donors (Lipinski definition) is 0. The van der Waals surface area contributed by atoms with Crippen molar-refractivity contribution in [1.82, 2.24) is 4.98 Å². The zero-order chi connectivity index (χ0) is 24.7. The highest BCUT2D eigenvalue weighted by atomic mass is 16.5. The predicted molar refractivity (Wildman–Crippen MR) is 143 cm³/mol. The Bertz CT molecular complexity index is 995. The minimum Gasteiger partial charge on any atom is -0.423 e. The molecular weight excluding hydrogens is 434 g/mol. The molecule has 4 heteroatoms. The van der Waals surface area contributed by atoms with E-state index in [1.54, 1.807) is 0 Å². The van der Waals surface area contributed by atoms with Crippen molar-refractivity contribution in [1.29, 1.82) is 0 Å². The number of aromatic nitrogens is 1. The average Bonchev–Trinajstić information content (AvgIpc) is 2.90. The minimum absolute atomic E-state index is 0.339. The SMILES string of the molecule is CCCCCCCCc1ccc(C(=O)Oc2ccc(-c3ccc(COCCCC)cn3)cc2)cc1. The summed E-state index contributed by atoms with van der Waals surface area (Å²) in [6, 6.07) is 19.3. The fraction of sp³-hybridized carbons (Fsp3) is 0.419. The number of hydrogen-bond acceptors (Lipinski definition) is 4. The summed E-state index contributed by atoms with van der Waals surface area (Å²) in [5.74, 6) is 0.185. The molecule has 0 aliphatic heterocycles. The van der Waals surface area contributed by atoms with Crippen LogP contribution >= 0.6 is 0 Å². The van der Waals surface area contributed by atoms with Crippen molar-refractivity contribution < 1.29 is 14.3 Å². The Morgan fingerprint density at radius 1 is 0.743 bits per heavy atom. The number of rotatable bonds is 15. The van der Waals surface area contributed by atoms with Crippen molar-refractivity contribution in [3.05, 3.63) is 83.6 Å². The zero-order valence-corrected chi connectivity index (χ0v) is 21.3. The number of nitrogens with zero attached hydrogens (tertiary/aromatic N) is 1. The molecule has 0 spiro atoms. The van der Waals surface area contributed by atoms with Gasteiger partial charge in [0.15, 0.2) is 0 Å². The van der Waals surface area contributed by atoms with Gasteiger partial charge in [-0.1, -0.05) is 70.6 Å². The summed E-state index contributed by atoms with van der Waals surface area (Å²) in [6.45, 7) is 5.76. The van der Waals surface area contributed by atoms with E-state index in [2.05, 4.69) is 18.8 Å². The van der Waals surface area contributed by atoms with Crippen LogP contribution in [-0.2, 0) is 17.8 Å². The topological polar surface area (TPSA) is 48.4 Å². The molecule has 2 aromatic carbocycles. The molecular formula is C31H39NO3. The Kier molecular flexibility index (Phi) is 11.5. The Morgan fingerprint density at radius 3 is 2.11 bits per heavy atom. The third-order valence-corrected chi connectivity index (χ3v) is 6.10. The first kappa shape index (κ1) is 26.6. The third-order valence-electron chi connectivity index (χ3n) is 6.10. The molecule has 3 rings (SSSR count). The van der Waals surface area contributed by atoms with Crippen molar-refractivity contribution in [2.45, 2.75) is 78.2 Å². The molecule has 1 heterocycles. The normalized spacial score (nSPS) is 10.9. The van der Waals surface area contributed by atoms with Crippen LogP contribution in [0.4, 0.5) is 0 Å². The van der Waals surface area contributed by atoms with E-state index in [4.69, 9.17) is 9.47 Å². The van der Waals surface area contributed by atoms with E-state index >= 15 is 0 Å². The number of pyridine rings is 1. The van der Waals surface area contributed by atoms with E-state index in [0.29, 0.717) is 17.9 Å². The summed E-state index contributed by atoms with van der Waals surface area (Å²) in [7, 11) is 0. The predicted octanol–water partition coefficient (Wildman–Crippen LogP) is 8.19. The average molecular weight is 474 g/mol. The lowest BCUT2D eigenvalue weighted by atomic mass is 10.0. The Balaban J connectivity index is 1.46. The van der Waals surface area contributed by atoms with E-state index in [-0.39, 0.29) is 5.97 Å².